The molecule has 144 valence electrons. The maximum Gasteiger partial charge on any atom is 0.223 e. The van der Waals surface area contributed by atoms with Crippen molar-refractivity contribution in [2.24, 2.45) is 0 Å². The molecule has 1 unspecified atom stereocenters. The first-order valence-electron chi connectivity index (χ1n) is 9.20. The smallest absolute Gasteiger partial charge is 0.223 e. The minimum absolute atomic E-state index is 0.00191. The molecule has 3 rings (SSSR count). The van der Waals surface area contributed by atoms with Crippen LogP contribution >= 0.6 is 11.3 Å². The second-order valence-electron chi connectivity index (χ2n) is 7.63. The van der Waals surface area contributed by atoms with Crippen molar-refractivity contribution in [3.05, 3.63) is 41.5 Å². The van der Waals surface area contributed by atoms with E-state index in [0.717, 1.165) is 35.5 Å². The number of carbonyl (C=O) groups excluding carboxylic acids is 1. The SMILES string of the molecule is C=C1CC(Nc2nccc(-c3ccc(CCNC(C)=O)s3)n2)CC(C)(C)N1. The number of piperidine rings is 1. The fourth-order valence-electron chi connectivity index (χ4n) is 3.43. The fourth-order valence-corrected chi connectivity index (χ4v) is 4.41. The van der Waals surface area contributed by atoms with Gasteiger partial charge in [0.25, 0.3) is 0 Å². The third-order valence-corrected chi connectivity index (χ3v) is 5.58. The van der Waals surface area contributed by atoms with Gasteiger partial charge < -0.3 is 16.0 Å². The molecule has 1 atom stereocenters. The number of rotatable bonds is 6. The maximum atomic E-state index is 11.0. The van der Waals surface area contributed by atoms with Gasteiger partial charge in [0.2, 0.25) is 11.9 Å². The van der Waals surface area contributed by atoms with E-state index >= 15 is 0 Å². The van der Waals surface area contributed by atoms with Crippen LogP contribution in [0.3, 0.4) is 0 Å². The predicted octanol–water partition coefficient (Wildman–Crippen LogP) is 3.34. The van der Waals surface area contributed by atoms with Crippen molar-refractivity contribution in [3.63, 3.8) is 0 Å². The fraction of sp³-hybridized carbons (Fsp3) is 0.450. The van der Waals surface area contributed by atoms with Gasteiger partial charge >= 0.3 is 0 Å². The van der Waals surface area contributed by atoms with Gasteiger partial charge in [0.15, 0.2) is 0 Å². The predicted molar refractivity (Wildman–Crippen MR) is 111 cm³/mol. The topological polar surface area (TPSA) is 78.9 Å². The summed E-state index contributed by atoms with van der Waals surface area (Å²) in [5.41, 5.74) is 1.97. The zero-order valence-electron chi connectivity index (χ0n) is 16.1. The highest BCUT2D eigenvalue weighted by molar-refractivity contribution is 7.15. The summed E-state index contributed by atoms with van der Waals surface area (Å²) in [4.78, 5) is 22.4. The number of anilines is 1. The molecule has 2 aromatic rings. The number of aromatic nitrogens is 2. The molecule has 0 bridgehead atoms. The number of thiophene rings is 1. The standard InChI is InChI=1S/C20H27N5OS/c1-13-11-15(12-20(3,4)25-13)23-19-22-10-8-17(24-19)18-6-5-16(27-18)7-9-21-14(2)26/h5-6,8,10,15,25H,1,7,9,11-12H2,2-4H3,(H,21,26)(H,22,23,24). The Morgan fingerprint density at radius 2 is 2.22 bits per heavy atom. The molecule has 0 aromatic carbocycles. The zero-order chi connectivity index (χ0) is 19.4. The van der Waals surface area contributed by atoms with Gasteiger partial charge in [0.1, 0.15) is 0 Å². The normalized spacial score (nSPS) is 18.6. The highest BCUT2D eigenvalue weighted by atomic mass is 32.1. The molecule has 0 spiro atoms. The molecule has 1 amide bonds. The Labute approximate surface area is 164 Å². The van der Waals surface area contributed by atoms with Gasteiger partial charge in [-0.1, -0.05) is 6.58 Å². The monoisotopic (exact) mass is 385 g/mol. The van der Waals surface area contributed by atoms with Crippen LogP contribution in [-0.2, 0) is 11.2 Å². The van der Waals surface area contributed by atoms with Crippen LogP contribution in [0.4, 0.5) is 5.95 Å². The average molecular weight is 386 g/mol. The second kappa shape index (κ2) is 8.08. The van der Waals surface area contributed by atoms with Gasteiger partial charge in [0, 0.05) is 48.2 Å². The lowest BCUT2D eigenvalue weighted by atomic mass is 9.88. The first-order chi connectivity index (χ1) is 12.8. The molecule has 3 N–H and O–H groups in total. The van der Waals surface area contributed by atoms with E-state index in [0.29, 0.717) is 12.5 Å². The summed E-state index contributed by atoms with van der Waals surface area (Å²) in [5, 5.41) is 9.73. The quantitative estimate of drug-likeness (QED) is 0.711. The Kier molecular flexibility index (Phi) is 5.79. The van der Waals surface area contributed by atoms with Crippen LogP contribution in [0.15, 0.2) is 36.7 Å². The van der Waals surface area contributed by atoms with E-state index in [2.05, 4.69) is 53.5 Å². The summed E-state index contributed by atoms with van der Waals surface area (Å²) < 4.78 is 0. The highest BCUT2D eigenvalue weighted by Gasteiger charge is 2.29. The zero-order valence-corrected chi connectivity index (χ0v) is 16.9. The van der Waals surface area contributed by atoms with E-state index in [-0.39, 0.29) is 17.5 Å². The third kappa shape index (κ3) is 5.53. The van der Waals surface area contributed by atoms with Crippen LogP contribution in [0.5, 0.6) is 0 Å². The molecule has 2 aromatic heterocycles. The van der Waals surface area contributed by atoms with Gasteiger partial charge in [-0.2, -0.15) is 0 Å². The van der Waals surface area contributed by atoms with Crippen LogP contribution in [0, 0.1) is 0 Å². The molecule has 0 aliphatic carbocycles. The Bertz CT molecular complexity index is 829. The number of amides is 1. The van der Waals surface area contributed by atoms with Crippen molar-refractivity contribution in [3.8, 4) is 10.6 Å². The van der Waals surface area contributed by atoms with Crippen LogP contribution in [0.25, 0.3) is 10.6 Å². The van der Waals surface area contributed by atoms with E-state index in [4.69, 9.17) is 4.98 Å². The van der Waals surface area contributed by atoms with Crippen molar-refractivity contribution >= 4 is 23.2 Å². The first kappa shape index (κ1) is 19.4. The minimum atomic E-state index is 0.00191. The number of hydrogen-bond acceptors (Lipinski definition) is 6. The Hall–Kier alpha value is -2.41. The molecule has 1 aliphatic rings. The van der Waals surface area contributed by atoms with Crippen molar-refractivity contribution in [1.82, 2.24) is 20.6 Å². The number of nitrogens with zero attached hydrogens (tertiary/aromatic N) is 2. The van der Waals surface area contributed by atoms with E-state index < -0.39 is 0 Å². The molecule has 7 heteroatoms. The summed E-state index contributed by atoms with van der Waals surface area (Å²) in [5.74, 6) is 0.651. The summed E-state index contributed by atoms with van der Waals surface area (Å²) >= 11 is 1.70. The lowest BCUT2D eigenvalue weighted by Crippen LogP contribution is -2.48. The van der Waals surface area contributed by atoms with Crippen molar-refractivity contribution in [1.29, 1.82) is 0 Å². The van der Waals surface area contributed by atoms with Gasteiger partial charge in [-0.3, -0.25) is 4.79 Å². The minimum Gasteiger partial charge on any atom is -0.384 e. The molecular formula is C20H27N5OS. The van der Waals surface area contributed by atoms with Crippen molar-refractivity contribution < 1.29 is 4.79 Å². The molecule has 1 fully saturated rings. The van der Waals surface area contributed by atoms with E-state index in [1.807, 2.05) is 6.07 Å². The largest absolute Gasteiger partial charge is 0.384 e. The number of nitrogens with one attached hydrogen (secondary N) is 3. The summed E-state index contributed by atoms with van der Waals surface area (Å²) in [6.45, 7) is 10.6. The number of hydrogen-bond donors (Lipinski definition) is 3. The van der Waals surface area contributed by atoms with Crippen LogP contribution in [-0.4, -0.2) is 34.0 Å². The van der Waals surface area contributed by atoms with Crippen LogP contribution in [0.2, 0.25) is 0 Å². The Morgan fingerprint density at radius 3 is 2.96 bits per heavy atom. The van der Waals surface area contributed by atoms with E-state index in [9.17, 15) is 4.79 Å². The van der Waals surface area contributed by atoms with Crippen molar-refractivity contribution in [2.45, 2.75) is 51.6 Å². The summed E-state index contributed by atoms with van der Waals surface area (Å²) in [7, 11) is 0. The van der Waals surface area contributed by atoms with Crippen molar-refractivity contribution in [2.75, 3.05) is 11.9 Å². The molecule has 1 saturated heterocycles. The molecule has 27 heavy (non-hydrogen) atoms. The van der Waals surface area contributed by atoms with Gasteiger partial charge in [-0.05, 0) is 44.9 Å². The maximum absolute atomic E-state index is 11.0. The third-order valence-electron chi connectivity index (χ3n) is 4.41. The summed E-state index contributed by atoms with van der Waals surface area (Å²) in [6.07, 6.45) is 4.46. The van der Waals surface area contributed by atoms with Gasteiger partial charge in [0.05, 0.1) is 10.6 Å². The molecule has 6 nitrogen and oxygen atoms in total. The molecule has 1 aliphatic heterocycles. The lowest BCUT2D eigenvalue weighted by Gasteiger charge is -2.38. The molecule has 3 heterocycles. The van der Waals surface area contributed by atoms with E-state index in [1.54, 1.807) is 17.5 Å². The Morgan fingerprint density at radius 1 is 1.41 bits per heavy atom. The molecule has 0 radical (unpaired) electrons. The van der Waals surface area contributed by atoms with Crippen LogP contribution < -0.4 is 16.0 Å². The average Bonchev–Trinajstić information content (AvgIpc) is 3.01. The molecule has 0 saturated carbocycles. The molecular weight excluding hydrogens is 358 g/mol. The van der Waals surface area contributed by atoms with Gasteiger partial charge in [-0.25, -0.2) is 9.97 Å². The second-order valence-corrected chi connectivity index (χ2v) is 8.79. The van der Waals surface area contributed by atoms with Crippen LogP contribution in [0.1, 0.15) is 38.5 Å². The van der Waals surface area contributed by atoms with Gasteiger partial charge in [-0.15, -0.1) is 11.3 Å². The Balaban J connectivity index is 1.66. The highest BCUT2D eigenvalue weighted by Crippen LogP contribution is 2.29. The number of carbonyl (C=O) groups is 1. The summed E-state index contributed by atoms with van der Waals surface area (Å²) in [6, 6.07) is 6.37. The van der Waals surface area contributed by atoms with E-state index in [1.165, 1.54) is 11.8 Å². The first-order valence-corrected chi connectivity index (χ1v) is 10.0. The lowest BCUT2D eigenvalue weighted by molar-refractivity contribution is -0.118.